The molecule has 6 heterocycles. The number of carbonyl (C=O) groups is 4. The number of carboxylic acids is 2. The average Bonchev–Trinajstić information content (AvgIpc) is 3.67. The maximum Gasteiger partial charge on any atom is 0.352 e. The number of rotatable bonds is 11. The van der Waals surface area contributed by atoms with Crippen LogP contribution in [-0.4, -0.2) is 114 Å². The van der Waals surface area contributed by atoms with Crippen LogP contribution in [0.4, 0.5) is 10.9 Å². The zero-order valence-electron chi connectivity index (χ0n) is 26.0. The predicted octanol–water partition coefficient (Wildman–Crippen LogP) is 0.149. The molecule has 0 saturated carbocycles. The van der Waals surface area contributed by atoms with E-state index in [4.69, 9.17) is 20.3 Å². The quantitative estimate of drug-likeness (QED) is 0.0518. The summed E-state index contributed by atoms with van der Waals surface area (Å²) in [5.41, 5.74) is 4.97. The number of carboxylic acid groups (broad SMARTS) is 2. The number of nitrogens with zero attached hydrogens (tertiary/aromatic N) is 7. The number of carbonyl (C=O) groups excluding carboxylic acids is 2. The van der Waals surface area contributed by atoms with E-state index in [1.54, 1.807) is 0 Å². The Morgan fingerprint density at radius 2 is 2.04 bits per heavy atom. The number of thioether (sulfide) groups is 2. The Kier molecular flexibility index (Phi) is 9.25. The lowest BCUT2D eigenvalue weighted by Gasteiger charge is -2.49. The van der Waals surface area contributed by atoms with Crippen molar-refractivity contribution in [2.75, 3.05) is 48.4 Å². The lowest BCUT2D eigenvalue weighted by Crippen LogP contribution is -2.71. The van der Waals surface area contributed by atoms with Gasteiger partial charge in [-0.15, -0.1) is 11.8 Å². The number of β-lactam (4-membered cyclic amide) rings is 1. The number of morpholine rings is 1. The van der Waals surface area contributed by atoms with E-state index in [1.807, 2.05) is 34.5 Å². The van der Waals surface area contributed by atoms with Gasteiger partial charge in [0, 0.05) is 30.8 Å². The van der Waals surface area contributed by atoms with Gasteiger partial charge in [0.1, 0.15) is 35.3 Å². The summed E-state index contributed by atoms with van der Waals surface area (Å²) in [7, 11) is 1.94. The summed E-state index contributed by atoms with van der Waals surface area (Å²) in [4.78, 5) is 68.4. The van der Waals surface area contributed by atoms with Gasteiger partial charge in [-0.2, -0.15) is 9.38 Å². The van der Waals surface area contributed by atoms with Gasteiger partial charge in [0.2, 0.25) is 5.60 Å². The van der Waals surface area contributed by atoms with Crippen LogP contribution >= 0.6 is 34.9 Å². The van der Waals surface area contributed by atoms with Gasteiger partial charge in [-0.25, -0.2) is 19.1 Å². The third kappa shape index (κ3) is 6.39. The first kappa shape index (κ1) is 33.5. The SMILES string of the molecule is C[n+]1ccn2c(SCC3=C(C(=O)O)N4C(=O)C(NC(=O)/C(=N\OC(C)(C)C(=O)O)c5cnc(N)s5)C4SC3)nc(N3CCOCC3)cc21. The maximum absolute atomic E-state index is 13.4. The van der Waals surface area contributed by atoms with Gasteiger partial charge in [0.15, 0.2) is 10.8 Å². The second-order valence-corrected chi connectivity index (χ2v) is 14.6. The fourth-order valence-electron chi connectivity index (χ4n) is 5.13. The van der Waals surface area contributed by atoms with Gasteiger partial charge in [-0.05, 0) is 19.4 Å². The summed E-state index contributed by atoms with van der Waals surface area (Å²) in [6, 6.07) is 0.936. The summed E-state index contributed by atoms with van der Waals surface area (Å²) < 4.78 is 9.41. The zero-order chi connectivity index (χ0) is 34.3. The van der Waals surface area contributed by atoms with Gasteiger partial charge in [-0.3, -0.25) is 14.5 Å². The van der Waals surface area contributed by atoms with E-state index in [2.05, 4.69) is 20.4 Å². The molecule has 17 nitrogen and oxygen atoms in total. The average molecular weight is 719 g/mol. The molecule has 6 rings (SSSR count). The Hall–Kier alpha value is -4.40. The molecule has 0 aromatic carbocycles. The van der Waals surface area contributed by atoms with Gasteiger partial charge < -0.3 is 35.7 Å². The summed E-state index contributed by atoms with van der Waals surface area (Å²) >= 11 is 3.62. The smallest absolute Gasteiger partial charge is 0.352 e. The Morgan fingerprint density at radius 3 is 2.71 bits per heavy atom. The molecular weight excluding hydrogens is 687 g/mol. The number of nitrogens with two attached hydrogens (primary N) is 1. The number of hydrogen-bond acceptors (Lipinski definition) is 14. The number of nitrogen functional groups attached to an aromatic ring is 1. The van der Waals surface area contributed by atoms with Crippen LogP contribution in [0.2, 0.25) is 0 Å². The first-order chi connectivity index (χ1) is 22.9. The molecule has 3 aliphatic rings. The molecule has 254 valence electrons. The molecule has 48 heavy (non-hydrogen) atoms. The summed E-state index contributed by atoms with van der Waals surface area (Å²) in [6.45, 7) is 5.14. The fourth-order valence-corrected chi connectivity index (χ4v) is 8.26. The zero-order valence-corrected chi connectivity index (χ0v) is 28.4. The van der Waals surface area contributed by atoms with Gasteiger partial charge >= 0.3 is 11.9 Å². The van der Waals surface area contributed by atoms with Crippen molar-refractivity contribution < 1.29 is 43.5 Å². The maximum atomic E-state index is 13.4. The van der Waals surface area contributed by atoms with E-state index in [0.717, 1.165) is 22.8 Å². The third-order valence-corrected chi connectivity index (χ3v) is 11.0. The number of thiazole rings is 1. The second-order valence-electron chi connectivity index (χ2n) is 11.4. The molecular formula is C28H32N9O8S3+. The molecule has 3 aromatic rings. The molecule has 5 N–H and O–H groups in total. The number of oxime groups is 1. The standard InChI is InChI=1S/C28H31N9O8S3/c1-28(2,25(42)43)45-33-18(15-11-30-26(29)48-15)21(38)32-19-22(39)37-20(24(40)41)14(12-46-23(19)37)13-47-27-31-16(35-6-8-44-9-7-35)10-17-34(3)4-5-36(17)27/h4-5,10-11,19,23H,6-9,12-13H2,1-3H3,(H4-,29,30,32,33,38,40,41,42,43)/p+1. The summed E-state index contributed by atoms with van der Waals surface area (Å²) in [5, 5.41) is 26.1. The van der Waals surface area contributed by atoms with E-state index in [0.29, 0.717) is 42.8 Å². The van der Waals surface area contributed by atoms with E-state index in [9.17, 15) is 29.4 Å². The molecule has 2 amide bonds. The number of aliphatic carboxylic acids is 2. The van der Waals surface area contributed by atoms with Crippen molar-refractivity contribution in [3.63, 3.8) is 0 Å². The molecule has 2 saturated heterocycles. The van der Waals surface area contributed by atoms with E-state index in [1.165, 1.54) is 48.5 Å². The van der Waals surface area contributed by atoms with E-state index in [-0.39, 0.29) is 27.2 Å². The van der Waals surface area contributed by atoms with E-state index < -0.39 is 40.8 Å². The molecule has 2 atom stereocenters. The van der Waals surface area contributed by atoms with Crippen molar-refractivity contribution in [2.45, 2.75) is 36.0 Å². The number of ether oxygens (including phenoxy) is 1. The first-order valence-corrected chi connectivity index (χ1v) is 17.5. The predicted molar refractivity (Wildman–Crippen MR) is 176 cm³/mol. The largest absolute Gasteiger partial charge is 0.478 e. The molecule has 20 heteroatoms. The van der Waals surface area contributed by atoms with Crippen LogP contribution in [0.15, 0.2) is 46.2 Å². The van der Waals surface area contributed by atoms with E-state index >= 15 is 0 Å². The highest BCUT2D eigenvalue weighted by atomic mass is 32.2. The van der Waals surface area contributed by atoms with Crippen LogP contribution in [-0.2, 0) is 35.8 Å². The monoisotopic (exact) mass is 718 g/mol. The number of aryl methyl sites for hydroxylation is 1. The van der Waals surface area contributed by atoms with Crippen molar-refractivity contribution in [1.29, 1.82) is 0 Å². The number of nitrogens with one attached hydrogen (secondary N) is 1. The lowest BCUT2D eigenvalue weighted by molar-refractivity contribution is -0.644. The molecule has 0 radical (unpaired) electrons. The number of anilines is 2. The number of imidazole rings is 1. The van der Waals surface area contributed by atoms with Gasteiger partial charge in [0.25, 0.3) is 22.6 Å². The van der Waals surface area contributed by atoms with Crippen LogP contribution < -0.4 is 20.5 Å². The molecule has 2 fully saturated rings. The molecule has 0 bridgehead atoms. The van der Waals surface area contributed by atoms with Crippen LogP contribution in [0.5, 0.6) is 0 Å². The van der Waals surface area contributed by atoms with Crippen molar-refractivity contribution in [3.8, 4) is 0 Å². The van der Waals surface area contributed by atoms with Crippen LogP contribution in [0.25, 0.3) is 5.65 Å². The number of aromatic nitrogens is 4. The Morgan fingerprint density at radius 1 is 1.29 bits per heavy atom. The first-order valence-electron chi connectivity index (χ1n) is 14.6. The molecule has 0 spiro atoms. The van der Waals surface area contributed by atoms with Gasteiger partial charge in [-0.1, -0.05) is 28.3 Å². The third-order valence-electron chi connectivity index (χ3n) is 7.82. The number of hydrogen-bond donors (Lipinski definition) is 4. The Labute approximate surface area is 285 Å². The highest BCUT2D eigenvalue weighted by Crippen LogP contribution is 2.41. The highest BCUT2D eigenvalue weighted by molar-refractivity contribution is 8.01. The van der Waals surface area contributed by atoms with Gasteiger partial charge in [0.05, 0.1) is 31.2 Å². The topological polar surface area (TPSA) is 218 Å². The molecule has 0 aliphatic carbocycles. The normalized spacial score (nSPS) is 20.1. The molecule has 3 aliphatic heterocycles. The lowest BCUT2D eigenvalue weighted by atomic mass is 10.0. The minimum atomic E-state index is -1.76. The minimum Gasteiger partial charge on any atom is -0.478 e. The van der Waals surface area contributed by atoms with Crippen molar-refractivity contribution in [3.05, 3.63) is 40.8 Å². The van der Waals surface area contributed by atoms with Crippen LogP contribution in [0.1, 0.15) is 18.7 Å². The second kappa shape index (κ2) is 13.2. The minimum absolute atomic E-state index is 0.129. The Bertz CT molecular complexity index is 1870. The van der Waals surface area contributed by atoms with Crippen LogP contribution in [0.3, 0.4) is 0 Å². The summed E-state index contributed by atoms with van der Waals surface area (Å²) in [5.74, 6) is -2.66. The molecule has 2 unspecified atom stereocenters. The number of amides is 2. The summed E-state index contributed by atoms with van der Waals surface area (Å²) in [6.07, 6.45) is 5.09. The highest BCUT2D eigenvalue weighted by Gasteiger charge is 2.54. The number of fused-ring (bicyclic) bond motifs is 2. The van der Waals surface area contributed by atoms with Crippen molar-refractivity contribution in [1.82, 2.24) is 24.6 Å². The molecule has 3 aromatic heterocycles. The van der Waals surface area contributed by atoms with Crippen molar-refractivity contribution >= 4 is 80.9 Å². The van der Waals surface area contributed by atoms with Crippen molar-refractivity contribution in [2.24, 2.45) is 12.2 Å². The fraction of sp³-hybridized carbons (Fsp3) is 0.429. The Balaban J connectivity index is 1.21. The van der Waals surface area contributed by atoms with Crippen LogP contribution in [0, 0.1) is 0 Å².